The molecule has 0 radical (unpaired) electrons. The molecule has 2 aliphatic rings. The summed E-state index contributed by atoms with van der Waals surface area (Å²) < 4.78 is 23.5. The van der Waals surface area contributed by atoms with Crippen molar-refractivity contribution in [3.63, 3.8) is 0 Å². The molecule has 1 aromatic rings. The maximum Gasteiger partial charge on any atom is 0.224 e. The molecule has 22 heavy (non-hydrogen) atoms. The fourth-order valence-electron chi connectivity index (χ4n) is 2.80. The third kappa shape index (κ3) is 3.32. The summed E-state index contributed by atoms with van der Waals surface area (Å²) in [5.41, 5.74) is 1.04. The normalized spacial score (nSPS) is 37.5. The minimum Gasteiger partial charge on any atom is -0.389 e. The Labute approximate surface area is 144 Å². The first-order valence-electron chi connectivity index (χ1n) is 7.38. The Hall–Kier alpha value is -0.250. The second kappa shape index (κ2) is 6.33. The van der Waals surface area contributed by atoms with E-state index in [0.717, 1.165) is 5.56 Å². The summed E-state index contributed by atoms with van der Waals surface area (Å²) in [7, 11) is 0. The molecule has 1 aromatic carbocycles. The number of aliphatic hydroxyl groups is 1. The molecule has 0 bridgehead atoms. The highest BCUT2D eigenvalue weighted by Crippen LogP contribution is 2.41. The van der Waals surface area contributed by atoms with Crippen molar-refractivity contribution in [1.29, 1.82) is 0 Å². The molecular formula is C16H21IO5. The number of ether oxygens (including phenoxy) is 4. The van der Waals surface area contributed by atoms with Gasteiger partial charge in [0.15, 0.2) is 5.79 Å². The molecule has 6 heteroatoms. The summed E-state index contributed by atoms with van der Waals surface area (Å²) >= 11 is 2.18. The van der Waals surface area contributed by atoms with Crippen molar-refractivity contribution in [2.45, 2.75) is 48.2 Å². The molecule has 5 nitrogen and oxygen atoms in total. The number of aliphatic hydroxyl groups excluding tert-OH is 1. The van der Waals surface area contributed by atoms with E-state index < -0.39 is 23.8 Å². The van der Waals surface area contributed by atoms with E-state index in [1.165, 1.54) is 0 Å². The highest BCUT2D eigenvalue weighted by atomic mass is 127. The van der Waals surface area contributed by atoms with E-state index >= 15 is 0 Å². The van der Waals surface area contributed by atoms with Crippen LogP contribution in [0.15, 0.2) is 30.3 Å². The van der Waals surface area contributed by atoms with E-state index in [4.69, 9.17) is 18.9 Å². The molecule has 2 aliphatic heterocycles. The van der Waals surface area contributed by atoms with Crippen molar-refractivity contribution < 1.29 is 24.1 Å². The smallest absolute Gasteiger partial charge is 0.224 e. The lowest BCUT2D eigenvalue weighted by molar-refractivity contribution is -0.328. The standard InChI is InChI=1S/C16H21IO5/c1-15(2)21-10-16(22-15)14(13(18)12(17)9-20-16)19-8-11-6-4-3-5-7-11/h3-7,12-14,18H,8-10H2,1-2H3/t12-,13+,14-,16?/m0/s1. The van der Waals surface area contributed by atoms with E-state index in [2.05, 4.69) is 22.6 Å². The SMILES string of the molecule is CC1(C)OCC2(OC[C@H](I)[C@@H](O)[C@@H]2OCc2ccccc2)O1. The molecule has 4 atom stereocenters. The Bertz CT molecular complexity index is 509. The van der Waals surface area contributed by atoms with Gasteiger partial charge < -0.3 is 24.1 Å². The summed E-state index contributed by atoms with van der Waals surface area (Å²) in [6.45, 7) is 4.72. The monoisotopic (exact) mass is 420 g/mol. The third-order valence-electron chi connectivity index (χ3n) is 3.91. The van der Waals surface area contributed by atoms with Gasteiger partial charge in [-0.15, -0.1) is 0 Å². The van der Waals surface area contributed by atoms with Gasteiger partial charge in [-0.3, -0.25) is 0 Å². The van der Waals surface area contributed by atoms with Crippen molar-refractivity contribution in [3.8, 4) is 0 Å². The molecule has 1 N–H and O–H groups in total. The van der Waals surface area contributed by atoms with Gasteiger partial charge in [0.25, 0.3) is 0 Å². The minimum atomic E-state index is -1.04. The van der Waals surface area contributed by atoms with Crippen molar-refractivity contribution >= 4 is 22.6 Å². The third-order valence-corrected chi connectivity index (χ3v) is 5.01. The van der Waals surface area contributed by atoms with Crippen LogP contribution >= 0.6 is 22.6 Å². The minimum absolute atomic E-state index is 0.0451. The topological polar surface area (TPSA) is 57.2 Å². The van der Waals surface area contributed by atoms with Gasteiger partial charge in [0, 0.05) is 0 Å². The van der Waals surface area contributed by atoms with Crippen LogP contribution in [0.3, 0.4) is 0 Å². The molecule has 2 fully saturated rings. The maximum absolute atomic E-state index is 10.6. The van der Waals surface area contributed by atoms with Crippen LogP contribution in [0.5, 0.6) is 0 Å². The fraction of sp³-hybridized carbons (Fsp3) is 0.625. The summed E-state index contributed by atoms with van der Waals surface area (Å²) in [4.78, 5) is 0. The molecule has 3 rings (SSSR count). The molecule has 1 spiro atoms. The van der Waals surface area contributed by atoms with Crippen LogP contribution < -0.4 is 0 Å². The van der Waals surface area contributed by atoms with Crippen LogP contribution in [0.2, 0.25) is 0 Å². The molecule has 2 saturated heterocycles. The van der Waals surface area contributed by atoms with Crippen LogP contribution in [0.4, 0.5) is 0 Å². The Kier molecular flexibility index (Phi) is 4.78. The summed E-state index contributed by atoms with van der Waals surface area (Å²) in [5, 5.41) is 10.6. The maximum atomic E-state index is 10.6. The Balaban J connectivity index is 1.77. The summed E-state index contributed by atoms with van der Waals surface area (Å²) in [5.74, 6) is -1.79. The quantitative estimate of drug-likeness (QED) is 0.601. The Morgan fingerprint density at radius 2 is 2.00 bits per heavy atom. The van der Waals surface area contributed by atoms with Crippen molar-refractivity contribution in [2.75, 3.05) is 13.2 Å². The van der Waals surface area contributed by atoms with E-state index in [9.17, 15) is 5.11 Å². The Morgan fingerprint density at radius 1 is 1.27 bits per heavy atom. The number of halogens is 1. The summed E-state index contributed by atoms with van der Waals surface area (Å²) in [6.07, 6.45) is -1.26. The van der Waals surface area contributed by atoms with Crippen molar-refractivity contribution in [2.24, 2.45) is 0 Å². The predicted molar refractivity (Wildman–Crippen MR) is 88.6 cm³/mol. The first-order chi connectivity index (χ1) is 10.4. The van der Waals surface area contributed by atoms with Gasteiger partial charge in [0.2, 0.25) is 5.79 Å². The van der Waals surface area contributed by atoms with E-state index in [0.29, 0.717) is 13.2 Å². The number of rotatable bonds is 3. The molecule has 0 saturated carbocycles. The zero-order valence-corrected chi connectivity index (χ0v) is 14.9. The van der Waals surface area contributed by atoms with E-state index in [-0.39, 0.29) is 10.5 Å². The highest BCUT2D eigenvalue weighted by molar-refractivity contribution is 14.1. The first-order valence-corrected chi connectivity index (χ1v) is 8.62. The second-order valence-electron chi connectivity index (χ2n) is 6.14. The highest BCUT2D eigenvalue weighted by Gasteiger charge is 2.58. The van der Waals surface area contributed by atoms with Gasteiger partial charge in [-0.1, -0.05) is 52.9 Å². The van der Waals surface area contributed by atoms with Gasteiger partial charge in [-0.05, 0) is 19.4 Å². The number of alkyl halides is 1. The van der Waals surface area contributed by atoms with Crippen LogP contribution in [-0.4, -0.2) is 46.0 Å². The molecular weight excluding hydrogens is 399 g/mol. The molecule has 1 unspecified atom stereocenters. The van der Waals surface area contributed by atoms with Crippen LogP contribution in [0.1, 0.15) is 19.4 Å². The molecule has 2 heterocycles. The second-order valence-corrected chi connectivity index (χ2v) is 7.74. The van der Waals surface area contributed by atoms with Crippen LogP contribution in [-0.2, 0) is 25.6 Å². The van der Waals surface area contributed by atoms with Crippen molar-refractivity contribution in [3.05, 3.63) is 35.9 Å². The summed E-state index contributed by atoms with van der Waals surface area (Å²) in [6, 6.07) is 9.85. The van der Waals surface area contributed by atoms with Gasteiger partial charge >= 0.3 is 0 Å². The average molecular weight is 420 g/mol. The Morgan fingerprint density at radius 3 is 2.64 bits per heavy atom. The largest absolute Gasteiger partial charge is 0.389 e. The lowest BCUT2D eigenvalue weighted by Gasteiger charge is -2.44. The number of hydrogen-bond donors (Lipinski definition) is 1. The molecule has 122 valence electrons. The number of benzene rings is 1. The van der Waals surface area contributed by atoms with Gasteiger partial charge in [-0.25, -0.2) is 0 Å². The van der Waals surface area contributed by atoms with E-state index in [1.54, 1.807) is 0 Å². The van der Waals surface area contributed by atoms with Crippen molar-refractivity contribution in [1.82, 2.24) is 0 Å². The zero-order chi connectivity index (χ0) is 15.8. The van der Waals surface area contributed by atoms with Gasteiger partial charge in [0.05, 0.1) is 23.2 Å². The molecule has 0 aliphatic carbocycles. The lowest BCUT2D eigenvalue weighted by atomic mass is 9.99. The number of hydrogen-bond acceptors (Lipinski definition) is 5. The average Bonchev–Trinajstić information content (AvgIpc) is 2.81. The van der Waals surface area contributed by atoms with E-state index in [1.807, 2.05) is 44.2 Å². The van der Waals surface area contributed by atoms with Crippen LogP contribution in [0, 0.1) is 0 Å². The van der Waals surface area contributed by atoms with Crippen LogP contribution in [0.25, 0.3) is 0 Å². The molecule has 0 amide bonds. The van der Waals surface area contributed by atoms with Gasteiger partial charge in [-0.2, -0.15) is 0 Å². The zero-order valence-electron chi connectivity index (χ0n) is 12.7. The predicted octanol–water partition coefficient (Wildman–Crippen LogP) is 2.25. The fourth-order valence-corrected chi connectivity index (χ4v) is 3.35. The first kappa shape index (κ1) is 16.6. The molecule has 0 aromatic heterocycles. The van der Waals surface area contributed by atoms with Gasteiger partial charge in [0.1, 0.15) is 12.7 Å². The lowest BCUT2D eigenvalue weighted by Crippen LogP contribution is -2.62.